The molecule has 2 saturated heterocycles. The lowest BCUT2D eigenvalue weighted by atomic mass is 9.90. The van der Waals surface area contributed by atoms with Crippen molar-refractivity contribution in [2.24, 2.45) is 5.92 Å². The maximum atomic E-state index is 14.0. The lowest BCUT2D eigenvalue weighted by Gasteiger charge is -2.28. The zero-order chi connectivity index (χ0) is 27.1. The molecule has 9 nitrogen and oxygen atoms in total. The van der Waals surface area contributed by atoms with Gasteiger partial charge in [0.15, 0.2) is 6.10 Å². The molecule has 5 rings (SSSR count). The van der Waals surface area contributed by atoms with Crippen LogP contribution in [-0.4, -0.2) is 43.6 Å². The summed E-state index contributed by atoms with van der Waals surface area (Å²) in [5, 5.41) is 1.64. The quantitative estimate of drug-likeness (QED) is 0.339. The number of esters is 2. The Labute approximate surface area is 223 Å². The highest BCUT2D eigenvalue weighted by Gasteiger charge is 2.61. The molecule has 2 fully saturated rings. The van der Waals surface area contributed by atoms with Crippen LogP contribution in [0.2, 0.25) is 0 Å². The average molecular weight is 535 g/mol. The third kappa shape index (κ3) is 4.06. The number of para-hydroxylation sites is 1. The van der Waals surface area contributed by atoms with Crippen molar-refractivity contribution in [1.29, 1.82) is 0 Å². The fraction of sp³-hybridized carbons (Fsp3) is 0.286. The molecule has 0 bridgehead atoms. The van der Waals surface area contributed by atoms with Gasteiger partial charge in [-0.15, -0.1) is 11.3 Å². The molecule has 0 aliphatic carbocycles. The van der Waals surface area contributed by atoms with Crippen LogP contribution in [0.3, 0.4) is 0 Å². The minimum atomic E-state index is -1.12. The summed E-state index contributed by atoms with van der Waals surface area (Å²) >= 11 is 0.857. The van der Waals surface area contributed by atoms with Gasteiger partial charge in [-0.1, -0.05) is 48.0 Å². The Morgan fingerprint density at radius 2 is 1.66 bits per heavy atom. The molecule has 38 heavy (non-hydrogen) atoms. The van der Waals surface area contributed by atoms with Crippen molar-refractivity contribution in [3.8, 4) is 0 Å². The number of fused-ring (bicyclic) bond motifs is 1. The van der Waals surface area contributed by atoms with Gasteiger partial charge >= 0.3 is 11.9 Å². The SMILES string of the molecule is CCOC(=O)c1sc(N2C(=O)[C@H]3[C@H](ON(c4ccccc4)[C@H]3c3ccc(C)cc3)C2=O)c(C(=O)OC)c1C. The van der Waals surface area contributed by atoms with Crippen LogP contribution in [-0.2, 0) is 23.9 Å². The number of nitrogens with zero attached hydrogens (tertiary/aromatic N) is 2. The van der Waals surface area contributed by atoms with E-state index in [2.05, 4.69) is 0 Å². The Bertz CT molecular complexity index is 1420. The van der Waals surface area contributed by atoms with E-state index in [1.165, 1.54) is 7.11 Å². The van der Waals surface area contributed by atoms with Gasteiger partial charge in [-0.2, -0.15) is 0 Å². The molecule has 3 atom stereocenters. The Kier molecular flexibility index (Phi) is 6.77. The van der Waals surface area contributed by atoms with Gasteiger partial charge in [0.2, 0.25) is 5.91 Å². The van der Waals surface area contributed by atoms with Crippen molar-refractivity contribution in [3.05, 3.63) is 81.7 Å². The number of hydroxylamine groups is 1. The number of carbonyl (C=O) groups excluding carboxylic acids is 4. The molecule has 10 heteroatoms. The molecule has 196 valence electrons. The Balaban J connectivity index is 1.61. The second-order valence-electron chi connectivity index (χ2n) is 9.03. The number of carbonyl (C=O) groups is 4. The number of hydrogen-bond donors (Lipinski definition) is 0. The molecule has 0 N–H and O–H groups in total. The van der Waals surface area contributed by atoms with E-state index >= 15 is 0 Å². The molecule has 3 aromatic rings. The summed E-state index contributed by atoms with van der Waals surface area (Å²) < 4.78 is 10.1. The molecule has 1 aromatic heterocycles. The van der Waals surface area contributed by atoms with E-state index in [-0.39, 0.29) is 27.6 Å². The summed E-state index contributed by atoms with van der Waals surface area (Å²) in [6.07, 6.45) is -1.12. The zero-order valence-electron chi connectivity index (χ0n) is 21.3. The second kappa shape index (κ2) is 10.0. The first kappa shape index (κ1) is 25.6. The topological polar surface area (TPSA) is 102 Å². The van der Waals surface area contributed by atoms with E-state index in [9.17, 15) is 19.2 Å². The highest BCUT2D eigenvalue weighted by atomic mass is 32.1. The number of aryl methyl sites for hydroxylation is 1. The average Bonchev–Trinajstić information content (AvgIpc) is 3.55. The molecule has 2 amide bonds. The van der Waals surface area contributed by atoms with Crippen LogP contribution in [0.15, 0.2) is 54.6 Å². The van der Waals surface area contributed by atoms with Gasteiger partial charge < -0.3 is 9.47 Å². The van der Waals surface area contributed by atoms with E-state index in [1.807, 2.05) is 61.5 Å². The summed E-state index contributed by atoms with van der Waals surface area (Å²) in [5.74, 6) is -3.42. The minimum absolute atomic E-state index is 0.0194. The maximum absolute atomic E-state index is 14.0. The molecule has 0 radical (unpaired) electrons. The third-order valence-electron chi connectivity index (χ3n) is 6.73. The van der Waals surface area contributed by atoms with E-state index in [1.54, 1.807) is 18.9 Å². The highest BCUT2D eigenvalue weighted by Crippen LogP contribution is 2.49. The third-order valence-corrected chi connectivity index (χ3v) is 7.98. The standard InChI is InChI=1S/C28H26N2O7S/c1-5-36-28(34)23-16(3)19(27(33)35-4)26(38-23)29-24(31)20-21(17-13-11-15(2)12-14-17)30(37-22(20)25(29)32)18-9-7-6-8-10-18/h6-14,20-22H,5H2,1-4H3/t20-,21+,22+/m1/s1. The Morgan fingerprint density at radius 1 is 0.974 bits per heavy atom. The van der Waals surface area contributed by atoms with Crippen LogP contribution in [0.4, 0.5) is 10.7 Å². The van der Waals surface area contributed by atoms with E-state index in [0.29, 0.717) is 5.69 Å². The van der Waals surface area contributed by atoms with Crippen LogP contribution in [0.1, 0.15) is 49.7 Å². The van der Waals surface area contributed by atoms with Crippen molar-refractivity contribution < 1.29 is 33.5 Å². The zero-order valence-corrected chi connectivity index (χ0v) is 22.1. The molecule has 2 aliphatic heterocycles. The van der Waals surface area contributed by atoms with E-state index in [0.717, 1.165) is 27.4 Å². The number of amides is 2. The largest absolute Gasteiger partial charge is 0.465 e. The summed E-state index contributed by atoms with van der Waals surface area (Å²) in [7, 11) is 1.20. The molecule has 0 unspecified atom stereocenters. The number of anilines is 2. The van der Waals surface area contributed by atoms with Crippen molar-refractivity contribution in [1.82, 2.24) is 0 Å². The predicted molar refractivity (Wildman–Crippen MR) is 140 cm³/mol. The normalized spacial score (nSPS) is 20.6. The van der Waals surface area contributed by atoms with Crippen LogP contribution in [0.25, 0.3) is 0 Å². The molecular formula is C28H26N2O7S. The maximum Gasteiger partial charge on any atom is 0.348 e. The smallest absolute Gasteiger partial charge is 0.348 e. The van der Waals surface area contributed by atoms with Crippen LogP contribution >= 0.6 is 11.3 Å². The number of imide groups is 1. The summed E-state index contributed by atoms with van der Waals surface area (Å²) in [6.45, 7) is 5.32. The van der Waals surface area contributed by atoms with Gasteiger partial charge in [-0.05, 0) is 44.0 Å². The first-order valence-electron chi connectivity index (χ1n) is 12.1. The fourth-order valence-corrected chi connectivity index (χ4v) is 6.11. The molecule has 2 aromatic carbocycles. The monoisotopic (exact) mass is 534 g/mol. The number of rotatable bonds is 6. The molecule has 2 aliphatic rings. The molecule has 0 spiro atoms. The van der Waals surface area contributed by atoms with Gasteiger partial charge in [0.25, 0.3) is 5.91 Å². The lowest BCUT2D eigenvalue weighted by Crippen LogP contribution is -2.37. The molecule has 0 saturated carbocycles. The van der Waals surface area contributed by atoms with Crippen molar-refractivity contribution in [2.45, 2.75) is 32.9 Å². The number of thiophene rings is 1. The number of ether oxygens (including phenoxy) is 2. The number of methoxy groups -OCH3 is 1. The van der Waals surface area contributed by atoms with Gasteiger partial charge in [-0.25, -0.2) is 19.6 Å². The Hall–Kier alpha value is -4.02. The number of hydrogen-bond acceptors (Lipinski definition) is 9. The van der Waals surface area contributed by atoms with Crippen molar-refractivity contribution >= 4 is 45.8 Å². The second-order valence-corrected chi connectivity index (χ2v) is 10.0. The summed E-state index contributed by atoms with van der Waals surface area (Å²) in [6, 6.07) is 16.4. The van der Waals surface area contributed by atoms with Crippen LogP contribution in [0, 0.1) is 19.8 Å². The Morgan fingerprint density at radius 3 is 2.29 bits per heavy atom. The first-order valence-corrected chi connectivity index (χ1v) is 12.9. The predicted octanol–water partition coefficient (Wildman–Crippen LogP) is 4.38. The van der Waals surface area contributed by atoms with Gasteiger partial charge in [0, 0.05) is 0 Å². The summed E-state index contributed by atoms with van der Waals surface area (Å²) in [4.78, 5) is 60.4. The fourth-order valence-electron chi connectivity index (χ4n) is 4.91. The minimum Gasteiger partial charge on any atom is -0.465 e. The summed E-state index contributed by atoms with van der Waals surface area (Å²) in [5.41, 5.74) is 2.82. The van der Waals surface area contributed by atoms with E-state index in [4.69, 9.17) is 14.3 Å². The van der Waals surface area contributed by atoms with Gasteiger partial charge in [-0.3, -0.25) is 14.4 Å². The number of benzene rings is 2. The lowest BCUT2D eigenvalue weighted by molar-refractivity contribution is -0.126. The van der Waals surface area contributed by atoms with Crippen LogP contribution < -0.4 is 9.96 Å². The van der Waals surface area contributed by atoms with E-state index < -0.39 is 41.8 Å². The molecular weight excluding hydrogens is 508 g/mol. The van der Waals surface area contributed by atoms with Gasteiger partial charge in [0.05, 0.1) is 31.0 Å². The van der Waals surface area contributed by atoms with Crippen molar-refractivity contribution in [3.63, 3.8) is 0 Å². The van der Waals surface area contributed by atoms with Gasteiger partial charge in [0.1, 0.15) is 15.8 Å². The first-order chi connectivity index (χ1) is 18.3. The van der Waals surface area contributed by atoms with Crippen LogP contribution in [0.5, 0.6) is 0 Å². The molecule has 3 heterocycles. The highest BCUT2D eigenvalue weighted by molar-refractivity contribution is 7.19. The van der Waals surface area contributed by atoms with Crippen molar-refractivity contribution in [2.75, 3.05) is 23.7 Å².